The van der Waals surface area contributed by atoms with Crippen molar-refractivity contribution in [1.82, 2.24) is 0 Å². The highest BCUT2D eigenvalue weighted by atomic mass is 19.1. The predicted octanol–water partition coefficient (Wildman–Crippen LogP) is 2.53. The van der Waals surface area contributed by atoms with Gasteiger partial charge in [0.05, 0.1) is 0 Å². The minimum Gasteiger partial charge on any atom is -0.447 e. The van der Waals surface area contributed by atoms with Crippen LogP contribution in [-0.4, -0.2) is 11.9 Å². The maximum absolute atomic E-state index is 12.9. The summed E-state index contributed by atoms with van der Waals surface area (Å²) in [6.45, 7) is 0. The number of carbonyl (C=O) groups excluding carboxylic acids is 2. The zero-order valence-electron chi connectivity index (χ0n) is 11.9. The second-order valence-electron chi connectivity index (χ2n) is 4.81. The van der Waals surface area contributed by atoms with Gasteiger partial charge in [-0.05, 0) is 24.1 Å². The molecule has 1 unspecified atom stereocenters. The largest absolute Gasteiger partial charge is 0.447 e. The molecule has 1 amide bonds. The van der Waals surface area contributed by atoms with E-state index in [1.807, 2.05) is 30.3 Å². The van der Waals surface area contributed by atoms with Gasteiger partial charge in [0.25, 0.3) is 5.91 Å². The summed E-state index contributed by atoms with van der Waals surface area (Å²) < 4.78 is 18.0. The van der Waals surface area contributed by atoms with Crippen molar-refractivity contribution in [3.8, 4) is 0 Å². The first-order valence-corrected chi connectivity index (χ1v) is 6.84. The number of carbonyl (C=O) groups is 2. The van der Waals surface area contributed by atoms with Crippen molar-refractivity contribution >= 4 is 11.9 Å². The number of primary amides is 1. The Labute approximate surface area is 127 Å². The first-order chi connectivity index (χ1) is 10.6. The fourth-order valence-electron chi connectivity index (χ4n) is 2.01. The summed E-state index contributed by atoms with van der Waals surface area (Å²) in [6, 6.07) is 14.6. The molecule has 0 heterocycles. The van der Waals surface area contributed by atoms with E-state index in [-0.39, 0.29) is 6.42 Å². The molecule has 0 aliphatic carbocycles. The predicted molar refractivity (Wildman–Crippen MR) is 79.2 cm³/mol. The van der Waals surface area contributed by atoms with Crippen LogP contribution in [0, 0.1) is 5.82 Å². The molecule has 0 spiro atoms. The van der Waals surface area contributed by atoms with Crippen molar-refractivity contribution in [2.45, 2.75) is 18.9 Å². The summed E-state index contributed by atoms with van der Waals surface area (Å²) in [7, 11) is 0. The van der Waals surface area contributed by atoms with Crippen LogP contribution in [0.15, 0.2) is 54.6 Å². The normalized spacial score (nSPS) is 11.7. The van der Waals surface area contributed by atoms with Crippen LogP contribution in [0.25, 0.3) is 0 Å². The van der Waals surface area contributed by atoms with Crippen LogP contribution in [0.5, 0.6) is 0 Å². The van der Waals surface area contributed by atoms with E-state index in [4.69, 9.17) is 10.5 Å². The van der Waals surface area contributed by atoms with Gasteiger partial charge in [-0.1, -0.05) is 42.5 Å². The minimum atomic E-state index is -1.20. The second-order valence-corrected chi connectivity index (χ2v) is 4.81. The number of benzene rings is 2. The molecule has 0 bridgehead atoms. The number of rotatable bonds is 6. The lowest BCUT2D eigenvalue weighted by Crippen LogP contribution is -2.26. The lowest BCUT2D eigenvalue weighted by atomic mass is 10.1. The van der Waals surface area contributed by atoms with E-state index >= 15 is 0 Å². The lowest BCUT2D eigenvalue weighted by Gasteiger charge is -2.15. The molecule has 114 valence electrons. The number of ether oxygens (including phenoxy) is 1. The van der Waals surface area contributed by atoms with Gasteiger partial charge in [-0.15, -0.1) is 0 Å². The van der Waals surface area contributed by atoms with Crippen LogP contribution in [0.3, 0.4) is 0 Å². The maximum Gasteiger partial charge on any atom is 0.307 e. The number of nitrogens with two attached hydrogens (primary N) is 1. The molecular formula is C17H16FNO3. The molecule has 2 N–H and O–H groups in total. The van der Waals surface area contributed by atoms with Crippen LogP contribution in [0.4, 0.5) is 4.39 Å². The van der Waals surface area contributed by atoms with E-state index in [1.165, 1.54) is 24.3 Å². The Morgan fingerprint density at radius 3 is 2.27 bits per heavy atom. The molecule has 1 atom stereocenters. The Balaban J connectivity index is 1.97. The molecule has 0 aliphatic heterocycles. The average molecular weight is 301 g/mol. The smallest absolute Gasteiger partial charge is 0.307 e. The maximum atomic E-state index is 12.9. The van der Waals surface area contributed by atoms with E-state index in [2.05, 4.69) is 0 Å². The topological polar surface area (TPSA) is 69.4 Å². The van der Waals surface area contributed by atoms with Gasteiger partial charge in [-0.25, -0.2) is 4.39 Å². The monoisotopic (exact) mass is 301 g/mol. The van der Waals surface area contributed by atoms with Gasteiger partial charge in [-0.3, -0.25) is 9.59 Å². The molecule has 2 aromatic carbocycles. The molecular weight excluding hydrogens is 285 g/mol. The molecule has 0 aromatic heterocycles. The third-order valence-corrected chi connectivity index (χ3v) is 3.14. The summed E-state index contributed by atoms with van der Waals surface area (Å²) in [5.74, 6) is -1.76. The first-order valence-electron chi connectivity index (χ1n) is 6.84. The highest BCUT2D eigenvalue weighted by Crippen LogP contribution is 2.18. The average Bonchev–Trinajstić information content (AvgIpc) is 2.52. The molecule has 5 heteroatoms. The summed E-state index contributed by atoms with van der Waals surface area (Å²) in [5, 5.41) is 0. The van der Waals surface area contributed by atoms with Crippen molar-refractivity contribution in [3.05, 3.63) is 71.5 Å². The van der Waals surface area contributed by atoms with Crippen molar-refractivity contribution in [1.29, 1.82) is 0 Å². The van der Waals surface area contributed by atoms with Crippen molar-refractivity contribution in [2.75, 3.05) is 0 Å². The summed E-state index contributed by atoms with van der Waals surface area (Å²) in [6.07, 6.45) is -0.562. The second kappa shape index (κ2) is 7.36. The van der Waals surface area contributed by atoms with E-state index in [1.54, 1.807) is 0 Å². The van der Waals surface area contributed by atoms with Crippen LogP contribution in [0.2, 0.25) is 0 Å². The molecule has 2 rings (SSSR count). The van der Waals surface area contributed by atoms with Crippen molar-refractivity contribution in [3.63, 3.8) is 0 Å². The number of amides is 1. The SMILES string of the molecule is NC(=O)C(OC(=O)CCc1ccccc1)c1ccc(F)cc1. The quantitative estimate of drug-likeness (QED) is 0.834. The Hall–Kier alpha value is -2.69. The van der Waals surface area contributed by atoms with Crippen LogP contribution in [0.1, 0.15) is 23.7 Å². The highest BCUT2D eigenvalue weighted by Gasteiger charge is 2.22. The van der Waals surface area contributed by atoms with Gasteiger partial charge >= 0.3 is 5.97 Å². The van der Waals surface area contributed by atoms with E-state index in [0.717, 1.165) is 5.56 Å². The van der Waals surface area contributed by atoms with E-state index in [9.17, 15) is 14.0 Å². The third-order valence-electron chi connectivity index (χ3n) is 3.14. The zero-order valence-corrected chi connectivity index (χ0v) is 11.9. The van der Waals surface area contributed by atoms with Gasteiger partial charge in [0, 0.05) is 12.0 Å². The fourth-order valence-corrected chi connectivity index (χ4v) is 2.01. The molecule has 0 fully saturated rings. The minimum absolute atomic E-state index is 0.134. The van der Waals surface area contributed by atoms with Crippen LogP contribution in [-0.2, 0) is 20.7 Å². The van der Waals surface area contributed by atoms with E-state index in [0.29, 0.717) is 12.0 Å². The summed E-state index contributed by atoms with van der Waals surface area (Å²) in [4.78, 5) is 23.3. The molecule has 4 nitrogen and oxygen atoms in total. The standard InChI is InChI=1S/C17H16FNO3/c18-14-9-7-13(8-10-14)16(17(19)21)22-15(20)11-6-12-4-2-1-3-5-12/h1-5,7-10,16H,6,11H2,(H2,19,21). The van der Waals surface area contributed by atoms with Gasteiger partial charge in [0.2, 0.25) is 6.10 Å². The van der Waals surface area contributed by atoms with Crippen molar-refractivity contribution in [2.24, 2.45) is 5.73 Å². The Kier molecular flexibility index (Phi) is 5.25. The Morgan fingerprint density at radius 2 is 1.68 bits per heavy atom. The third kappa shape index (κ3) is 4.41. The molecule has 0 aliphatic rings. The molecule has 22 heavy (non-hydrogen) atoms. The molecule has 0 radical (unpaired) electrons. The van der Waals surface area contributed by atoms with Gasteiger partial charge in [0.1, 0.15) is 5.82 Å². The Bertz CT molecular complexity index is 641. The number of hydrogen-bond acceptors (Lipinski definition) is 3. The lowest BCUT2D eigenvalue weighted by molar-refractivity contribution is -0.155. The number of aryl methyl sites for hydroxylation is 1. The molecule has 2 aromatic rings. The molecule has 0 saturated heterocycles. The highest BCUT2D eigenvalue weighted by molar-refractivity contribution is 5.83. The van der Waals surface area contributed by atoms with Gasteiger partial charge < -0.3 is 10.5 Å². The van der Waals surface area contributed by atoms with Gasteiger partial charge in [0.15, 0.2) is 0 Å². The van der Waals surface area contributed by atoms with Crippen LogP contribution >= 0.6 is 0 Å². The van der Waals surface area contributed by atoms with Crippen LogP contribution < -0.4 is 5.73 Å². The van der Waals surface area contributed by atoms with E-state index < -0.39 is 23.8 Å². The van der Waals surface area contributed by atoms with Crippen molar-refractivity contribution < 1.29 is 18.7 Å². The fraction of sp³-hybridized carbons (Fsp3) is 0.176. The summed E-state index contributed by atoms with van der Waals surface area (Å²) in [5.41, 5.74) is 6.60. The molecule has 0 saturated carbocycles. The Morgan fingerprint density at radius 1 is 1.05 bits per heavy atom. The summed E-state index contributed by atoms with van der Waals surface area (Å²) >= 11 is 0. The van der Waals surface area contributed by atoms with Gasteiger partial charge in [-0.2, -0.15) is 0 Å². The first kappa shape index (κ1) is 15.7. The number of halogens is 1. The number of esters is 1. The number of hydrogen-bond donors (Lipinski definition) is 1. The zero-order chi connectivity index (χ0) is 15.9.